The lowest BCUT2D eigenvalue weighted by molar-refractivity contribution is -0.136. The van der Waals surface area contributed by atoms with Crippen molar-refractivity contribution in [3.63, 3.8) is 0 Å². The van der Waals surface area contributed by atoms with Crippen molar-refractivity contribution in [1.29, 1.82) is 0 Å². The molecule has 2 N–H and O–H groups in total. The first-order valence-corrected chi connectivity index (χ1v) is 7.01. The van der Waals surface area contributed by atoms with E-state index < -0.39 is 5.97 Å². The van der Waals surface area contributed by atoms with Gasteiger partial charge in [-0.05, 0) is 33.9 Å². The van der Waals surface area contributed by atoms with Crippen LogP contribution >= 0.6 is 0 Å². The normalized spacial score (nSPS) is 12.5. The van der Waals surface area contributed by atoms with Crippen LogP contribution in [0.5, 0.6) is 5.75 Å². The summed E-state index contributed by atoms with van der Waals surface area (Å²) >= 11 is 0. The molecule has 3 heteroatoms. The lowest BCUT2D eigenvalue weighted by Gasteiger charge is -2.28. The number of rotatable bonds is 3. The van der Waals surface area contributed by atoms with E-state index in [1.54, 1.807) is 0 Å². The van der Waals surface area contributed by atoms with Crippen molar-refractivity contribution >= 4 is 5.97 Å². The molecule has 1 aromatic rings. The molecule has 0 spiro atoms. The van der Waals surface area contributed by atoms with Crippen molar-refractivity contribution < 1.29 is 15.0 Å². The predicted octanol–water partition coefficient (Wildman–Crippen LogP) is 4.00. The van der Waals surface area contributed by atoms with Gasteiger partial charge < -0.3 is 10.2 Å². The van der Waals surface area contributed by atoms with Gasteiger partial charge in [0.1, 0.15) is 5.75 Å². The van der Waals surface area contributed by atoms with E-state index in [4.69, 9.17) is 5.11 Å². The summed E-state index contributed by atoms with van der Waals surface area (Å²) in [7, 11) is 0. The van der Waals surface area contributed by atoms with Crippen molar-refractivity contribution in [2.45, 2.75) is 65.2 Å². The monoisotopic (exact) mass is 284 g/mol. The number of aliphatic carboxylic acids is 1. The van der Waals surface area contributed by atoms with Crippen molar-refractivity contribution in [3.8, 4) is 5.75 Å². The molecule has 0 radical (unpaired) electrons. The number of carboxylic acid groups (broad SMARTS) is 1. The van der Waals surface area contributed by atoms with Crippen LogP contribution in [0.15, 0.2) is 12.1 Å². The van der Waals surface area contributed by atoms with Crippen LogP contribution in [0.4, 0.5) is 0 Å². The van der Waals surface area contributed by atoms with Gasteiger partial charge in [0.25, 0.3) is 0 Å². The molecule has 0 fully saturated rings. The third-order valence-electron chi connectivity index (χ3n) is 3.41. The Kier molecular flexibility index (Phi) is 4.52. The Bertz CT molecular complexity index is 467. The maximum Gasteiger partial charge on any atom is 0.303 e. The third-order valence-corrected chi connectivity index (χ3v) is 3.41. The second kappa shape index (κ2) is 5.47. The quantitative estimate of drug-likeness (QED) is 0.882. The summed E-state index contributed by atoms with van der Waals surface area (Å²) in [5, 5.41) is 19.4. The van der Waals surface area contributed by atoms with Crippen LogP contribution in [0.25, 0.3) is 0 Å². The maximum absolute atomic E-state index is 10.8. The number of hydrogen-bond donors (Lipinski definition) is 2. The van der Waals surface area contributed by atoms with Crippen molar-refractivity contribution in [3.05, 3.63) is 28.8 Å². The van der Waals surface area contributed by atoms with Gasteiger partial charge in [-0.1, -0.05) is 53.7 Å². The van der Waals surface area contributed by atoms with Crippen molar-refractivity contribution in [2.24, 2.45) is 0 Å². The standard InChI is InChI=1S/C17H26O3/c1-16(2,3)12-9-11(7-8-14(18)19)10-13(15(12)20)17(4,5)6/h9-10,20H,7-8H2,1-6H3,(H,18,19)/i9+1,10+1,11+1,12+1,13+1,15+1. The number of benzene rings is 1. The number of carbonyl (C=O) groups is 1. The average Bonchev–Trinajstić information content (AvgIpc) is 2.24. The molecule has 1 rings (SSSR count). The predicted molar refractivity (Wildman–Crippen MR) is 81.5 cm³/mol. The lowest BCUT2D eigenvalue weighted by atomic mass is 10.0. The molecular weight excluding hydrogens is 258 g/mol. The van der Waals surface area contributed by atoms with Crippen LogP contribution in [-0.4, -0.2) is 16.2 Å². The molecule has 0 aliphatic carbocycles. The zero-order valence-electron chi connectivity index (χ0n) is 13.4. The third kappa shape index (κ3) is 3.99. The average molecular weight is 284 g/mol. The van der Waals surface area contributed by atoms with Crippen LogP contribution in [-0.2, 0) is 22.0 Å². The molecule has 0 aliphatic rings. The lowest BCUT2D eigenvalue weighted by Crippen LogP contribution is -2.18. The Hall–Kier alpha value is -1.51. The molecule has 3 nitrogen and oxygen atoms in total. The molecule has 0 aromatic heterocycles. The number of hydrogen-bond acceptors (Lipinski definition) is 2. The van der Waals surface area contributed by atoms with Crippen LogP contribution in [0.2, 0.25) is 0 Å². The van der Waals surface area contributed by atoms with Crippen molar-refractivity contribution in [1.82, 2.24) is 0 Å². The van der Waals surface area contributed by atoms with Gasteiger partial charge in [-0.2, -0.15) is 0 Å². The zero-order chi connectivity index (χ0) is 15.7. The summed E-state index contributed by atoms with van der Waals surface area (Å²) in [6.45, 7) is 12.3. The van der Waals surface area contributed by atoms with Gasteiger partial charge in [-0.15, -0.1) is 0 Å². The molecule has 1 aromatic carbocycles. The van der Waals surface area contributed by atoms with E-state index in [0.717, 1.165) is 16.7 Å². The molecule has 0 saturated heterocycles. The summed E-state index contributed by atoms with van der Waals surface area (Å²) in [4.78, 5) is 10.8. The summed E-state index contributed by atoms with van der Waals surface area (Å²) in [5.41, 5.74) is 2.38. The summed E-state index contributed by atoms with van der Waals surface area (Å²) in [6, 6.07) is 3.88. The molecule has 0 saturated carbocycles. The van der Waals surface area contributed by atoms with Gasteiger partial charge in [0, 0.05) is 6.42 Å². The Morgan fingerprint density at radius 1 is 1.00 bits per heavy atom. The second-order valence-electron chi connectivity index (χ2n) is 7.43. The Balaban J connectivity index is 3.38. The minimum atomic E-state index is -0.798. The van der Waals surface area contributed by atoms with Crippen LogP contribution in [0.1, 0.15) is 64.7 Å². The molecule has 0 atom stereocenters. The highest BCUT2D eigenvalue weighted by Crippen LogP contribution is 2.39. The highest BCUT2D eigenvalue weighted by molar-refractivity contribution is 5.67. The minimum Gasteiger partial charge on any atom is -0.507 e. The highest BCUT2D eigenvalue weighted by Gasteiger charge is 2.26. The SMILES string of the molecule is CC(C)(C)[13c]1[13cH][13c](CCC(=O)O)[13cH][13c](C(C)(C)C)[13c]1O. The van der Waals surface area contributed by atoms with E-state index in [1.165, 1.54) is 0 Å². The Labute approximate surface area is 121 Å². The van der Waals surface area contributed by atoms with E-state index in [2.05, 4.69) is 41.5 Å². The van der Waals surface area contributed by atoms with Crippen LogP contribution < -0.4 is 0 Å². The van der Waals surface area contributed by atoms with Crippen molar-refractivity contribution in [2.75, 3.05) is 0 Å². The largest absolute Gasteiger partial charge is 0.507 e. The van der Waals surface area contributed by atoms with Gasteiger partial charge in [0.2, 0.25) is 0 Å². The molecule has 0 unspecified atom stereocenters. The first kappa shape index (κ1) is 16.5. The molecule has 0 bridgehead atoms. The van der Waals surface area contributed by atoms with Crippen LogP contribution in [0.3, 0.4) is 0 Å². The molecule has 0 heterocycles. The molecule has 0 amide bonds. The number of aromatic hydroxyl groups is 1. The fraction of sp³-hybridized carbons (Fsp3) is 0.588. The van der Waals surface area contributed by atoms with Gasteiger partial charge in [0.15, 0.2) is 0 Å². The smallest absolute Gasteiger partial charge is 0.303 e. The molecule has 20 heavy (non-hydrogen) atoms. The van der Waals surface area contributed by atoms with Gasteiger partial charge >= 0.3 is 5.97 Å². The zero-order valence-corrected chi connectivity index (χ0v) is 13.4. The summed E-state index contributed by atoms with van der Waals surface area (Å²) in [5.74, 6) is -0.461. The van der Waals surface area contributed by atoms with E-state index >= 15 is 0 Å². The van der Waals surface area contributed by atoms with E-state index in [-0.39, 0.29) is 17.3 Å². The molecular formula is C17H26O3. The Morgan fingerprint density at radius 2 is 1.40 bits per heavy atom. The summed E-state index contributed by atoms with van der Waals surface area (Å²) < 4.78 is 0. The minimum absolute atomic E-state index is 0.109. The fourth-order valence-corrected chi connectivity index (χ4v) is 2.23. The number of carboxylic acids is 1. The topological polar surface area (TPSA) is 57.5 Å². The van der Waals surface area contributed by atoms with E-state index in [1.807, 2.05) is 12.1 Å². The van der Waals surface area contributed by atoms with Crippen LogP contribution in [0, 0.1) is 0 Å². The summed E-state index contributed by atoms with van der Waals surface area (Å²) in [6.07, 6.45) is 0.597. The maximum atomic E-state index is 10.8. The van der Waals surface area contributed by atoms with Gasteiger partial charge in [-0.25, -0.2) is 0 Å². The first-order valence-electron chi connectivity index (χ1n) is 7.01. The second-order valence-corrected chi connectivity index (χ2v) is 7.43. The fourth-order valence-electron chi connectivity index (χ4n) is 2.23. The van der Waals surface area contributed by atoms with E-state index in [0.29, 0.717) is 12.2 Å². The molecule has 0 aliphatic heterocycles. The Morgan fingerprint density at radius 3 is 1.70 bits per heavy atom. The van der Waals surface area contributed by atoms with Gasteiger partial charge in [-0.3, -0.25) is 4.79 Å². The first-order chi connectivity index (χ1) is 8.93. The number of phenols is 1. The van der Waals surface area contributed by atoms with E-state index in [9.17, 15) is 9.90 Å². The number of phenolic OH excluding ortho intramolecular Hbond substituents is 1. The van der Waals surface area contributed by atoms with Gasteiger partial charge in [0.05, 0.1) is 0 Å². The number of aryl methyl sites for hydroxylation is 1. The molecule has 112 valence electrons. The highest BCUT2D eigenvalue weighted by atomic mass is 16.4.